The summed E-state index contributed by atoms with van der Waals surface area (Å²) in [5, 5.41) is 3.90. The first kappa shape index (κ1) is 17.9. The zero-order valence-corrected chi connectivity index (χ0v) is 15.3. The maximum Gasteiger partial charge on any atom is 0.230 e. The number of carbonyl (C=O) groups excluding carboxylic acids is 2. The van der Waals surface area contributed by atoms with Crippen molar-refractivity contribution in [1.29, 1.82) is 0 Å². The number of para-hydroxylation sites is 1. The fourth-order valence-electron chi connectivity index (χ4n) is 3.61. The summed E-state index contributed by atoms with van der Waals surface area (Å²) >= 11 is 0. The molecule has 7 heteroatoms. The molecule has 0 saturated carbocycles. The third kappa shape index (κ3) is 4.26. The number of amides is 2. The Balaban J connectivity index is 1.32. The van der Waals surface area contributed by atoms with Gasteiger partial charge in [-0.05, 0) is 18.2 Å². The molecule has 2 fully saturated rings. The van der Waals surface area contributed by atoms with Crippen molar-refractivity contribution >= 4 is 28.5 Å². The van der Waals surface area contributed by atoms with Gasteiger partial charge in [0.15, 0.2) is 0 Å². The van der Waals surface area contributed by atoms with E-state index >= 15 is 0 Å². The maximum atomic E-state index is 12.6. The number of ether oxygens (including phenoxy) is 1. The van der Waals surface area contributed by atoms with E-state index in [0.717, 1.165) is 43.8 Å². The zero-order valence-electron chi connectivity index (χ0n) is 15.3. The summed E-state index contributed by atoms with van der Waals surface area (Å²) in [6.45, 7) is 5.27. The summed E-state index contributed by atoms with van der Waals surface area (Å²) in [6, 6.07) is 11.5. The van der Waals surface area contributed by atoms with Gasteiger partial charge in [-0.1, -0.05) is 18.2 Å². The van der Waals surface area contributed by atoms with E-state index in [1.807, 2.05) is 30.3 Å². The Hall–Kier alpha value is -2.51. The van der Waals surface area contributed by atoms with Gasteiger partial charge in [0.05, 0.1) is 24.6 Å². The van der Waals surface area contributed by atoms with Gasteiger partial charge in [-0.3, -0.25) is 14.5 Å². The molecule has 1 unspecified atom stereocenters. The molecule has 0 aliphatic carbocycles. The molecule has 1 aromatic carbocycles. The number of fused-ring (bicyclic) bond motifs is 1. The summed E-state index contributed by atoms with van der Waals surface area (Å²) in [7, 11) is 0. The molecule has 0 bridgehead atoms. The minimum absolute atomic E-state index is 0.0508. The van der Waals surface area contributed by atoms with Crippen molar-refractivity contribution in [1.82, 2.24) is 14.8 Å². The third-order valence-electron chi connectivity index (χ3n) is 5.22. The van der Waals surface area contributed by atoms with E-state index in [2.05, 4.69) is 15.2 Å². The van der Waals surface area contributed by atoms with Crippen LogP contribution in [0.2, 0.25) is 0 Å². The first-order chi connectivity index (χ1) is 13.2. The van der Waals surface area contributed by atoms with Crippen LogP contribution in [0.1, 0.15) is 6.42 Å². The Bertz CT molecular complexity index is 835. The van der Waals surface area contributed by atoms with Crippen LogP contribution in [-0.2, 0) is 14.3 Å². The van der Waals surface area contributed by atoms with E-state index in [4.69, 9.17) is 4.74 Å². The fourth-order valence-corrected chi connectivity index (χ4v) is 3.61. The number of pyridine rings is 1. The summed E-state index contributed by atoms with van der Waals surface area (Å²) in [6.07, 6.45) is 0.266. The molecular weight excluding hydrogens is 344 g/mol. The minimum atomic E-state index is -0.324. The number of nitrogens with zero attached hydrogens (tertiary/aromatic N) is 3. The molecule has 0 radical (unpaired) electrons. The summed E-state index contributed by atoms with van der Waals surface area (Å²) < 4.78 is 5.34. The second-order valence-corrected chi connectivity index (χ2v) is 7.07. The van der Waals surface area contributed by atoms with Crippen molar-refractivity contribution in [2.24, 2.45) is 5.92 Å². The van der Waals surface area contributed by atoms with E-state index in [1.54, 1.807) is 11.0 Å². The topological polar surface area (TPSA) is 74.8 Å². The molecule has 7 nitrogen and oxygen atoms in total. The molecule has 2 aliphatic heterocycles. The predicted octanol–water partition coefficient (Wildman–Crippen LogP) is 1.35. The van der Waals surface area contributed by atoms with E-state index in [-0.39, 0.29) is 24.2 Å². The number of carbonyl (C=O) groups is 2. The van der Waals surface area contributed by atoms with Crippen LogP contribution in [0.25, 0.3) is 10.9 Å². The average molecular weight is 368 g/mol. The summed E-state index contributed by atoms with van der Waals surface area (Å²) in [5.41, 5.74) is 0.838. The van der Waals surface area contributed by atoms with Gasteiger partial charge in [0.2, 0.25) is 11.8 Å². The summed E-state index contributed by atoms with van der Waals surface area (Å²) in [4.78, 5) is 33.4. The van der Waals surface area contributed by atoms with Gasteiger partial charge in [-0.25, -0.2) is 4.98 Å². The lowest BCUT2D eigenvalue weighted by Crippen LogP contribution is -2.42. The van der Waals surface area contributed by atoms with E-state index in [9.17, 15) is 9.59 Å². The van der Waals surface area contributed by atoms with Crippen LogP contribution in [-0.4, -0.2) is 72.5 Å². The Morgan fingerprint density at radius 2 is 1.96 bits per heavy atom. The normalized spacial score (nSPS) is 21.0. The van der Waals surface area contributed by atoms with Crippen LogP contribution in [0.15, 0.2) is 36.4 Å². The van der Waals surface area contributed by atoms with Crippen molar-refractivity contribution in [3.05, 3.63) is 36.4 Å². The molecule has 3 heterocycles. The SMILES string of the molecule is O=C(Nc1ccc2ccccc2n1)C1CC(=O)N(CCN2CCOCC2)C1. The van der Waals surface area contributed by atoms with Gasteiger partial charge in [0, 0.05) is 44.5 Å². The highest BCUT2D eigenvalue weighted by atomic mass is 16.5. The van der Waals surface area contributed by atoms with Crippen molar-refractivity contribution < 1.29 is 14.3 Å². The van der Waals surface area contributed by atoms with Gasteiger partial charge < -0.3 is 15.0 Å². The number of hydrogen-bond acceptors (Lipinski definition) is 5. The Morgan fingerprint density at radius 1 is 1.15 bits per heavy atom. The number of likely N-dealkylation sites (tertiary alicyclic amines) is 1. The second-order valence-electron chi connectivity index (χ2n) is 7.07. The van der Waals surface area contributed by atoms with Crippen LogP contribution in [0.4, 0.5) is 5.82 Å². The number of benzene rings is 1. The number of aromatic nitrogens is 1. The maximum absolute atomic E-state index is 12.6. The van der Waals surface area contributed by atoms with Crippen LogP contribution in [0, 0.1) is 5.92 Å². The van der Waals surface area contributed by atoms with Gasteiger partial charge in [-0.2, -0.15) is 0 Å². The van der Waals surface area contributed by atoms with Crippen molar-refractivity contribution in [2.45, 2.75) is 6.42 Å². The van der Waals surface area contributed by atoms with Crippen LogP contribution < -0.4 is 5.32 Å². The Kier molecular flexibility index (Phi) is 5.31. The van der Waals surface area contributed by atoms with E-state index in [1.165, 1.54) is 0 Å². The quantitative estimate of drug-likeness (QED) is 0.862. The standard InChI is InChI=1S/C20H24N4O3/c25-19-13-16(14-24(19)8-7-23-9-11-27-12-10-23)20(26)22-18-6-5-15-3-1-2-4-17(15)21-18/h1-6,16H,7-14H2,(H,21,22,26). The number of anilines is 1. The fraction of sp³-hybridized carbons (Fsp3) is 0.450. The summed E-state index contributed by atoms with van der Waals surface area (Å²) in [5.74, 6) is 0.114. The highest BCUT2D eigenvalue weighted by Crippen LogP contribution is 2.20. The molecule has 1 N–H and O–H groups in total. The molecule has 2 aromatic rings. The van der Waals surface area contributed by atoms with Gasteiger partial charge in [-0.15, -0.1) is 0 Å². The van der Waals surface area contributed by atoms with Crippen LogP contribution in [0.3, 0.4) is 0 Å². The first-order valence-corrected chi connectivity index (χ1v) is 9.43. The Morgan fingerprint density at radius 3 is 2.81 bits per heavy atom. The van der Waals surface area contributed by atoms with Gasteiger partial charge in [0.25, 0.3) is 0 Å². The smallest absolute Gasteiger partial charge is 0.230 e. The van der Waals surface area contributed by atoms with E-state index < -0.39 is 0 Å². The third-order valence-corrected chi connectivity index (χ3v) is 5.22. The lowest BCUT2D eigenvalue weighted by molar-refractivity contribution is -0.128. The molecule has 27 heavy (non-hydrogen) atoms. The monoisotopic (exact) mass is 368 g/mol. The highest BCUT2D eigenvalue weighted by molar-refractivity contribution is 5.97. The molecule has 2 aliphatic rings. The Labute approximate surface area is 158 Å². The highest BCUT2D eigenvalue weighted by Gasteiger charge is 2.34. The minimum Gasteiger partial charge on any atom is -0.379 e. The number of hydrogen-bond donors (Lipinski definition) is 1. The van der Waals surface area contributed by atoms with Gasteiger partial charge in [0.1, 0.15) is 5.82 Å². The second kappa shape index (κ2) is 8.02. The van der Waals surface area contributed by atoms with Crippen molar-refractivity contribution in [3.63, 3.8) is 0 Å². The lowest BCUT2D eigenvalue weighted by Gasteiger charge is -2.28. The molecule has 2 saturated heterocycles. The number of nitrogens with one attached hydrogen (secondary N) is 1. The molecule has 0 spiro atoms. The molecule has 1 aromatic heterocycles. The predicted molar refractivity (Wildman–Crippen MR) is 102 cm³/mol. The van der Waals surface area contributed by atoms with Crippen molar-refractivity contribution in [3.8, 4) is 0 Å². The molecular formula is C20H24N4O3. The van der Waals surface area contributed by atoms with Crippen molar-refractivity contribution in [2.75, 3.05) is 51.3 Å². The first-order valence-electron chi connectivity index (χ1n) is 9.43. The largest absolute Gasteiger partial charge is 0.379 e. The number of morpholine rings is 1. The van der Waals surface area contributed by atoms with Crippen LogP contribution in [0.5, 0.6) is 0 Å². The number of rotatable bonds is 5. The van der Waals surface area contributed by atoms with Gasteiger partial charge >= 0.3 is 0 Å². The van der Waals surface area contributed by atoms with E-state index in [0.29, 0.717) is 18.9 Å². The average Bonchev–Trinajstić information content (AvgIpc) is 3.08. The molecule has 4 rings (SSSR count). The lowest BCUT2D eigenvalue weighted by atomic mass is 10.1. The molecule has 2 amide bonds. The molecule has 1 atom stereocenters. The molecule has 142 valence electrons. The zero-order chi connectivity index (χ0) is 18.6. The van der Waals surface area contributed by atoms with Crippen LogP contribution >= 0.6 is 0 Å².